The zero-order chi connectivity index (χ0) is 14.5. The highest BCUT2D eigenvalue weighted by molar-refractivity contribution is 8.09. The molecule has 3 aliphatic rings. The molecule has 22 heavy (non-hydrogen) atoms. The lowest BCUT2D eigenvalue weighted by Crippen LogP contribution is -2.37. The average Bonchev–Trinajstić information content (AvgIpc) is 2.73. The first kappa shape index (κ1) is 12.7. The van der Waals surface area contributed by atoms with Gasteiger partial charge < -0.3 is 9.47 Å². The Morgan fingerprint density at radius 2 is 1.64 bits per heavy atom. The topological polar surface area (TPSA) is 18.5 Å². The van der Waals surface area contributed by atoms with Gasteiger partial charge in [-0.15, -0.1) is 11.8 Å². The van der Waals surface area contributed by atoms with E-state index in [1.54, 1.807) is 0 Å². The number of fused-ring (bicyclic) bond motifs is 8. The van der Waals surface area contributed by atoms with E-state index < -0.39 is 0 Å². The zero-order valence-corrected chi connectivity index (χ0v) is 12.9. The van der Waals surface area contributed by atoms with Crippen LogP contribution in [0.5, 0.6) is 11.5 Å². The molecule has 3 aliphatic heterocycles. The highest BCUT2D eigenvalue weighted by Gasteiger charge is 2.41. The lowest BCUT2D eigenvalue weighted by Gasteiger charge is -2.39. The standard InChI is InChI=1S/C19H16O2S/c1-3-7-16-12(5-1)14-9-18-13-6-2-4-8-17(13)21-11-19(22-18)15(14)10-20-16/h1-9,14-15,19H,10-11H2. The van der Waals surface area contributed by atoms with Crippen LogP contribution in [0, 0.1) is 5.92 Å². The smallest absolute Gasteiger partial charge is 0.127 e. The molecule has 0 aliphatic carbocycles. The zero-order valence-electron chi connectivity index (χ0n) is 12.1. The van der Waals surface area contributed by atoms with Gasteiger partial charge in [-0.05, 0) is 12.1 Å². The van der Waals surface area contributed by atoms with E-state index in [9.17, 15) is 0 Å². The molecule has 0 aromatic heterocycles. The normalized spacial score (nSPS) is 28.0. The molecule has 0 radical (unpaired) electrons. The third-order valence-corrected chi connectivity index (χ3v) is 6.21. The van der Waals surface area contributed by atoms with Crippen LogP contribution in [-0.2, 0) is 0 Å². The van der Waals surface area contributed by atoms with Crippen molar-refractivity contribution in [1.29, 1.82) is 0 Å². The molecule has 0 N–H and O–H groups in total. The van der Waals surface area contributed by atoms with Gasteiger partial charge >= 0.3 is 0 Å². The van der Waals surface area contributed by atoms with Crippen molar-refractivity contribution in [3.05, 3.63) is 65.7 Å². The van der Waals surface area contributed by atoms with Gasteiger partial charge in [0.1, 0.15) is 18.1 Å². The number of benzene rings is 2. The van der Waals surface area contributed by atoms with E-state index in [-0.39, 0.29) is 0 Å². The molecule has 2 aromatic carbocycles. The van der Waals surface area contributed by atoms with Crippen LogP contribution in [0.1, 0.15) is 17.0 Å². The molecule has 2 bridgehead atoms. The van der Waals surface area contributed by atoms with Crippen LogP contribution in [0.3, 0.4) is 0 Å². The Morgan fingerprint density at radius 3 is 2.59 bits per heavy atom. The molecular weight excluding hydrogens is 292 g/mol. The van der Waals surface area contributed by atoms with Gasteiger partial charge in [-0.3, -0.25) is 0 Å². The average molecular weight is 308 g/mol. The molecule has 3 heteroatoms. The van der Waals surface area contributed by atoms with Crippen LogP contribution in [0.15, 0.2) is 54.6 Å². The SMILES string of the molecule is C1=C2SC(COc3ccccc32)C2COc3ccccc3C12. The van der Waals surface area contributed by atoms with Crippen LogP contribution >= 0.6 is 11.8 Å². The number of allylic oxidation sites excluding steroid dienone is 1. The Kier molecular flexibility index (Phi) is 2.77. The summed E-state index contributed by atoms with van der Waals surface area (Å²) in [4.78, 5) is 1.36. The van der Waals surface area contributed by atoms with Crippen molar-refractivity contribution in [2.24, 2.45) is 5.92 Å². The number of rotatable bonds is 0. The maximum absolute atomic E-state index is 6.08. The molecule has 3 unspecified atom stereocenters. The van der Waals surface area contributed by atoms with Crippen LogP contribution in [0.2, 0.25) is 0 Å². The Balaban J connectivity index is 1.67. The number of hydrogen-bond acceptors (Lipinski definition) is 3. The third-order valence-electron chi connectivity index (χ3n) is 4.81. The summed E-state index contributed by atoms with van der Waals surface area (Å²) in [6.07, 6.45) is 2.43. The second kappa shape index (κ2) is 4.82. The van der Waals surface area contributed by atoms with Gasteiger partial charge in [-0.25, -0.2) is 0 Å². The first-order valence-electron chi connectivity index (χ1n) is 7.72. The monoisotopic (exact) mass is 308 g/mol. The van der Waals surface area contributed by atoms with E-state index in [2.05, 4.69) is 48.5 Å². The highest BCUT2D eigenvalue weighted by atomic mass is 32.2. The molecule has 3 atom stereocenters. The maximum Gasteiger partial charge on any atom is 0.127 e. The third kappa shape index (κ3) is 1.82. The number of thioether (sulfide) groups is 1. The van der Waals surface area contributed by atoms with Gasteiger partial charge in [0.15, 0.2) is 0 Å². The molecule has 0 spiro atoms. The molecule has 0 saturated carbocycles. The summed E-state index contributed by atoms with van der Waals surface area (Å²) in [7, 11) is 0. The molecule has 0 amide bonds. The van der Waals surface area contributed by atoms with Crippen molar-refractivity contribution < 1.29 is 9.47 Å². The quantitative estimate of drug-likeness (QED) is 0.722. The van der Waals surface area contributed by atoms with Gasteiger partial charge in [0.2, 0.25) is 0 Å². The van der Waals surface area contributed by atoms with E-state index in [1.165, 1.54) is 16.0 Å². The second-order valence-electron chi connectivity index (χ2n) is 6.03. The second-order valence-corrected chi connectivity index (χ2v) is 7.31. The Labute approximate surface area is 134 Å². The summed E-state index contributed by atoms with van der Waals surface area (Å²) in [5, 5.41) is 0.450. The molecule has 0 fully saturated rings. The highest BCUT2D eigenvalue weighted by Crippen LogP contribution is 2.53. The summed E-state index contributed by atoms with van der Waals surface area (Å²) < 4.78 is 12.1. The number of ether oxygens (including phenoxy) is 2. The van der Waals surface area contributed by atoms with Gasteiger partial charge in [-0.1, -0.05) is 42.5 Å². The molecular formula is C19H16O2S. The summed E-state index contributed by atoms with van der Waals surface area (Å²) >= 11 is 1.95. The fourth-order valence-corrected chi connectivity index (χ4v) is 5.10. The van der Waals surface area contributed by atoms with E-state index >= 15 is 0 Å². The Hall–Kier alpha value is -1.87. The van der Waals surface area contributed by atoms with Crippen molar-refractivity contribution in [2.45, 2.75) is 11.2 Å². The molecule has 0 saturated heterocycles. The van der Waals surface area contributed by atoms with Crippen molar-refractivity contribution in [3.8, 4) is 11.5 Å². The molecule has 3 heterocycles. The minimum atomic E-state index is 0.431. The van der Waals surface area contributed by atoms with Gasteiger partial charge in [0, 0.05) is 27.9 Å². The van der Waals surface area contributed by atoms with E-state index in [0.29, 0.717) is 17.1 Å². The predicted octanol–water partition coefficient (Wildman–Crippen LogP) is 4.33. The van der Waals surface area contributed by atoms with Crippen molar-refractivity contribution >= 4 is 16.7 Å². The van der Waals surface area contributed by atoms with Gasteiger partial charge in [0.25, 0.3) is 0 Å². The van der Waals surface area contributed by atoms with Gasteiger partial charge in [-0.2, -0.15) is 0 Å². The van der Waals surface area contributed by atoms with Crippen molar-refractivity contribution in [3.63, 3.8) is 0 Å². The largest absolute Gasteiger partial charge is 0.493 e. The van der Waals surface area contributed by atoms with Crippen LogP contribution in [-0.4, -0.2) is 18.5 Å². The molecule has 110 valence electrons. The first-order chi connectivity index (χ1) is 10.9. The minimum Gasteiger partial charge on any atom is -0.493 e. The molecule has 5 rings (SSSR count). The number of hydrogen-bond donors (Lipinski definition) is 0. The lowest BCUT2D eigenvalue weighted by atomic mass is 9.81. The van der Waals surface area contributed by atoms with E-state index in [0.717, 1.165) is 24.7 Å². The lowest BCUT2D eigenvalue weighted by molar-refractivity contribution is 0.181. The van der Waals surface area contributed by atoms with E-state index in [4.69, 9.17) is 9.47 Å². The summed E-state index contributed by atoms with van der Waals surface area (Å²) in [5.74, 6) is 2.97. The van der Waals surface area contributed by atoms with Crippen LogP contribution in [0.4, 0.5) is 0 Å². The van der Waals surface area contributed by atoms with Crippen LogP contribution in [0.25, 0.3) is 4.91 Å². The summed E-state index contributed by atoms with van der Waals surface area (Å²) in [5.41, 5.74) is 2.55. The Morgan fingerprint density at radius 1 is 0.864 bits per heavy atom. The summed E-state index contributed by atoms with van der Waals surface area (Å²) in [6.45, 7) is 1.54. The summed E-state index contributed by atoms with van der Waals surface area (Å²) in [6, 6.07) is 16.8. The van der Waals surface area contributed by atoms with E-state index in [1.807, 2.05) is 17.8 Å². The fraction of sp³-hybridized carbons (Fsp3) is 0.263. The number of para-hydroxylation sites is 2. The minimum absolute atomic E-state index is 0.431. The maximum atomic E-state index is 6.08. The van der Waals surface area contributed by atoms with Crippen molar-refractivity contribution in [2.75, 3.05) is 13.2 Å². The van der Waals surface area contributed by atoms with Crippen LogP contribution < -0.4 is 9.47 Å². The van der Waals surface area contributed by atoms with Gasteiger partial charge in [0.05, 0.1) is 11.9 Å². The predicted molar refractivity (Wildman–Crippen MR) is 89.5 cm³/mol. The molecule has 2 nitrogen and oxygen atoms in total. The fourth-order valence-electron chi connectivity index (χ4n) is 3.69. The molecule has 2 aromatic rings. The van der Waals surface area contributed by atoms with Crippen molar-refractivity contribution in [1.82, 2.24) is 0 Å². The Bertz CT molecular complexity index is 768. The first-order valence-corrected chi connectivity index (χ1v) is 8.60.